The van der Waals surface area contributed by atoms with Gasteiger partial charge in [-0.2, -0.15) is 0 Å². The van der Waals surface area contributed by atoms with E-state index in [1.165, 1.54) is 0 Å². The van der Waals surface area contributed by atoms with Gasteiger partial charge in [0.05, 0.1) is 24.5 Å². The second-order valence-corrected chi connectivity index (χ2v) is 7.94. The summed E-state index contributed by atoms with van der Waals surface area (Å²) in [6.45, 7) is 3.47. The molecule has 2 aliphatic rings. The molecule has 0 aliphatic carbocycles. The highest BCUT2D eigenvalue weighted by molar-refractivity contribution is 7.98. The smallest absolute Gasteiger partial charge is 0.229 e. The van der Waals surface area contributed by atoms with Crippen molar-refractivity contribution < 1.29 is 14.3 Å². The summed E-state index contributed by atoms with van der Waals surface area (Å²) in [6, 6.07) is 4.12. The van der Waals surface area contributed by atoms with E-state index in [4.69, 9.17) is 9.47 Å². The maximum Gasteiger partial charge on any atom is 0.229 e. The quantitative estimate of drug-likeness (QED) is 0.752. The minimum atomic E-state index is -0.177. The SMILES string of the molecule is COc1cc(SC)c(OC)cc1CN1CCC2(CCCN(C)C2=O)C1. The van der Waals surface area contributed by atoms with E-state index in [9.17, 15) is 4.79 Å². The minimum Gasteiger partial charge on any atom is -0.496 e. The van der Waals surface area contributed by atoms with Crippen LogP contribution in [-0.4, -0.2) is 62.9 Å². The third-order valence-electron chi connectivity index (χ3n) is 5.56. The fraction of sp³-hybridized carbons (Fsp3) is 0.632. The molecule has 1 spiro atoms. The first-order chi connectivity index (χ1) is 12.0. The van der Waals surface area contributed by atoms with Crippen molar-refractivity contribution in [2.75, 3.05) is 47.2 Å². The summed E-state index contributed by atoms with van der Waals surface area (Å²) in [5, 5.41) is 0. The van der Waals surface area contributed by atoms with Gasteiger partial charge >= 0.3 is 0 Å². The number of nitrogens with zero attached hydrogens (tertiary/aromatic N) is 2. The third-order valence-corrected chi connectivity index (χ3v) is 6.32. The maximum atomic E-state index is 12.7. The zero-order chi connectivity index (χ0) is 18.0. The molecule has 1 aromatic rings. The first-order valence-electron chi connectivity index (χ1n) is 8.80. The lowest BCUT2D eigenvalue weighted by Crippen LogP contribution is -2.48. The molecule has 1 amide bonds. The van der Waals surface area contributed by atoms with Crippen LogP contribution in [-0.2, 0) is 11.3 Å². The van der Waals surface area contributed by atoms with E-state index in [0.717, 1.165) is 67.4 Å². The lowest BCUT2D eigenvalue weighted by molar-refractivity contribution is -0.143. The van der Waals surface area contributed by atoms with Crippen LogP contribution in [0.4, 0.5) is 0 Å². The molecule has 0 radical (unpaired) electrons. The zero-order valence-corrected chi connectivity index (χ0v) is 16.4. The average molecular weight is 365 g/mol. The second kappa shape index (κ2) is 7.46. The first kappa shape index (κ1) is 18.4. The highest BCUT2D eigenvalue weighted by Gasteiger charge is 2.47. The van der Waals surface area contributed by atoms with Crippen molar-refractivity contribution >= 4 is 17.7 Å². The Morgan fingerprint density at radius 1 is 1.16 bits per heavy atom. The topological polar surface area (TPSA) is 42.0 Å². The lowest BCUT2D eigenvalue weighted by Gasteiger charge is -2.37. The number of hydrogen-bond donors (Lipinski definition) is 0. The fourth-order valence-electron chi connectivity index (χ4n) is 4.20. The van der Waals surface area contributed by atoms with E-state index in [1.54, 1.807) is 26.0 Å². The lowest BCUT2D eigenvalue weighted by atomic mass is 9.78. The van der Waals surface area contributed by atoms with Crippen LogP contribution in [0.25, 0.3) is 0 Å². The van der Waals surface area contributed by atoms with Crippen LogP contribution in [0, 0.1) is 5.41 Å². The van der Waals surface area contributed by atoms with Gasteiger partial charge in [-0.25, -0.2) is 0 Å². The Kier molecular flexibility index (Phi) is 5.49. The first-order valence-corrected chi connectivity index (χ1v) is 10.0. The van der Waals surface area contributed by atoms with Crippen LogP contribution in [0.1, 0.15) is 24.8 Å². The van der Waals surface area contributed by atoms with Gasteiger partial charge < -0.3 is 14.4 Å². The molecule has 0 bridgehead atoms. The zero-order valence-electron chi connectivity index (χ0n) is 15.6. The van der Waals surface area contributed by atoms with Crippen LogP contribution in [0.5, 0.6) is 11.5 Å². The molecule has 1 unspecified atom stereocenters. The van der Waals surface area contributed by atoms with E-state index >= 15 is 0 Å². The normalized spacial score (nSPS) is 24.2. The van der Waals surface area contributed by atoms with Gasteiger partial charge in [0.1, 0.15) is 11.5 Å². The molecule has 0 aromatic heterocycles. The number of likely N-dealkylation sites (tertiary alicyclic amines) is 2. The molecule has 1 atom stereocenters. The van der Waals surface area contributed by atoms with Crippen molar-refractivity contribution in [3.05, 3.63) is 17.7 Å². The Bertz CT molecular complexity index is 652. The van der Waals surface area contributed by atoms with Crippen LogP contribution >= 0.6 is 11.8 Å². The summed E-state index contributed by atoms with van der Waals surface area (Å²) in [5.74, 6) is 2.09. The molecule has 0 saturated carbocycles. The number of rotatable bonds is 5. The monoisotopic (exact) mass is 364 g/mol. The van der Waals surface area contributed by atoms with E-state index in [-0.39, 0.29) is 5.41 Å². The molecule has 1 aromatic carbocycles. The van der Waals surface area contributed by atoms with Gasteiger partial charge in [0.2, 0.25) is 5.91 Å². The molecule has 2 fully saturated rings. The standard InChI is InChI=1S/C19H28N2O3S/c1-20-8-5-6-19(18(20)22)7-9-21(13-19)12-14-10-16(24-3)17(25-4)11-15(14)23-2/h10-11H,5-9,12-13H2,1-4H3. The summed E-state index contributed by atoms with van der Waals surface area (Å²) in [4.78, 5) is 18.1. The highest BCUT2D eigenvalue weighted by Crippen LogP contribution is 2.41. The van der Waals surface area contributed by atoms with E-state index in [0.29, 0.717) is 5.91 Å². The molecule has 6 heteroatoms. The van der Waals surface area contributed by atoms with Crippen LogP contribution in [0.2, 0.25) is 0 Å². The van der Waals surface area contributed by atoms with Crippen LogP contribution < -0.4 is 9.47 Å². The molecule has 138 valence electrons. The van der Waals surface area contributed by atoms with Gasteiger partial charge in [0.25, 0.3) is 0 Å². The molecule has 5 nitrogen and oxygen atoms in total. The van der Waals surface area contributed by atoms with Crippen molar-refractivity contribution in [3.8, 4) is 11.5 Å². The van der Waals surface area contributed by atoms with Crippen molar-refractivity contribution in [2.45, 2.75) is 30.7 Å². The summed E-state index contributed by atoms with van der Waals surface area (Å²) in [7, 11) is 5.34. The predicted molar refractivity (Wildman–Crippen MR) is 101 cm³/mol. The Morgan fingerprint density at radius 3 is 2.60 bits per heavy atom. The molecule has 0 N–H and O–H groups in total. The predicted octanol–water partition coefficient (Wildman–Crippen LogP) is 2.87. The summed E-state index contributed by atoms with van der Waals surface area (Å²) < 4.78 is 11.1. The molecule has 3 rings (SSSR count). The van der Waals surface area contributed by atoms with E-state index < -0.39 is 0 Å². The Labute approximate surface area is 154 Å². The van der Waals surface area contributed by atoms with Crippen molar-refractivity contribution in [3.63, 3.8) is 0 Å². The number of piperidine rings is 1. The number of ether oxygens (including phenoxy) is 2. The third kappa shape index (κ3) is 3.47. The maximum absolute atomic E-state index is 12.7. The van der Waals surface area contributed by atoms with Crippen molar-refractivity contribution in [2.24, 2.45) is 5.41 Å². The number of thioether (sulfide) groups is 1. The number of carbonyl (C=O) groups is 1. The van der Waals surface area contributed by atoms with Crippen LogP contribution in [0.15, 0.2) is 17.0 Å². The minimum absolute atomic E-state index is 0.177. The molecule has 25 heavy (non-hydrogen) atoms. The fourth-order valence-corrected chi connectivity index (χ4v) is 4.77. The van der Waals surface area contributed by atoms with Gasteiger partial charge in [0.15, 0.2) is 0 Å². The molecule has 2 aliphatic heterocycles. The number of benzene rings is 1. The summed E-state index contributed by atoms with van der Waals surface area (Å²) >= 11 is 1.65. The van der Waals surface area contributed by atoms with Crippen molar-refractivity contribution in [1.82, 2.24) is 9.80 Å². The molecule has 2 heterocycles. The molecule has 2 saturated heterocycles. The summed E-state index contributed by atoms with van der Waals surface area (Å²) in [6.07, 6.45) is 5.11. The highest BCUT2D eigenvalue weighted by atomic mass is 32.2. The van der Waals surface area contributed by atoms with Gasteiger partial charge in [0, 0.05) is 32.2 Å². The summed E-state index contributed by atoms with van der Waals surface area (Å²) in [5.41, 5.74) is 0.939. The van der Waals surface area contributed by atoms with Gasteiger partial charge in [-0.15, -0.1) is 11.8 Å². The van der Waals surface area contributed by atoms with E-state index in [1.807, 2.05) is 24.3 Å². The Hall–Kier alpha value is -1.40. The molecular weight excluding hydrogens is 336 g/mol. The van der Waals surface area contributed by atoms with Gasteiger partial charge in [-0.3, -0.25) is 9.69 Å². The van der Waals surface area contributed by atoms with Crippen LogP contribution in [0.3, 0.4) is 0 Å². The Balaban J connectivity index is 1.78. The van der Waals surface area contributed by atoms with Gasteiger partial charge in [-0.05, 0) is 44.2 Å². The largest absolute Gasteiger partial charge is 0.496 e. The number of hydrogen-bond acceptors (Lipinski definition) is 5. The number of carbonyl (C=O) groups excluding carboxylic acids is 1. The number of methoxy groups -OCH3 is 2. The average Bonchev–Trinajstić information content (AvgIpc) is 3.02. The van der Waals surface area contributed by atoms with Gasteiger partial charge in [-0.1, -0.05) is 0 Å². The van der Waals surface area contributed by atoms with E-state index in [2.05, 4.69) is 11.0 Å². The Morgan fingerprint density at radius 2 is 1.92 bits per heavy atom. The van der Waals surface area contributed by atoms with Crippen molar-refractivity contribution in [1.29, 1.82) is 0 Å². The second-order valence-electron chi connectivity index (χ2n) is 7.09. The molecular formula is C19H28N2O3S. The number of amides is 1.